The van der Waals surface area contributed by atoms with E-state index in [9.17, 15) is 0 Å². The van der Waals surface area contributed by atoms with E-state index >= 15 is 0 Å². The monoisotopic (exact) mass is 375 g/mol. The van der Waals surface area contributed by atoms with Crippen LogP contribution in [-0.2, 0) is 6.54 Å². The molecule has 2 heterocycles. The fraction of sp³-hybridized carbons (Fsp3) is 0.375. The standard InChI is InChI=1S/C24H29N3O/c1-18-5-6-20-16-21(17-27-12-4-11-26(2)13-14-27)24(25-23(20)15-18)19-7-9-22(28-3)10-8-19/h5-10,15-16H,4,11-14,17H2,1-3H3. The van der Waals surface area contributed by atoms with Gasteiger partial charge >= 0.3 is 0 Å². The average Bonchev–Trinajstić information content (AvgIpc) is 2.92. The summed E-state index contributed by atoms with van der Waals surface area (Å²) >= 11 is 0. The SMILES string of the molecule is COc1ccc(-c2nc3cc(C)ccc3cc2CN2CCCN(C)CC2)cc1. The highest BCUT2D eigenvalue weighted by molar-refractivity contribution is 5.84. The number of benzene rings is 2. The van der Waals surface area contributed by atoms with Crippen molar-refractivity contribution in [3.63, 3.8) is 0 Å². The van der Waals surface area contributed by atoms with Crippen molar-refractivity contribution in [2.45, 2.75) is 19.9 Å². The van der Waals surface area contributed by atoms with Crippen molar-refractivity contribution in [3.8, 4) is 17.0 Å². The molecule has 0 spiro atoms. The van der Waals surface area contributed by atoms with Crippen LogP contribution in [0.25, 0.3) is 22.2 Å². The summed E-state index contributed by atoms with van der Waals surface area (Å²) in [6, 6.07) is 17.1. The van der Waals surface area contributed by atoms with Gasteiger partial charge in [-0.05, 0) is 81.0 Å². The molecule has 4 rings (SSSR count). The van der Waals surface area contributed by atoms with Gasteiger partial charge in [0, 0.05) is 30.6 Å². The molecule has 1 aliphatic rings. The first kappa shape index (κ1) is 18.9. The number of pyridine rings is 1. The summed E-state index contributed by atoms with van der Waals surface area (Å²) in [5.41, 5.74) is 5.82. The highest BCUT2D eigenvalue weighted by Crippen LogP contribution is 2.29. The van der Waals surface area contributed by atoms with Gasteiger partial charge in [0.1, 0.15) is 5.75 Å². The van der Waals surface area contributed by atoms with E-state index in [0.29, 0.717) is 0 Å². The molecule has 4 heteroatoms. The average molecular weight is 376 g/mol. The Bertz CT molecular complexity index is 952. The molecule has 0 aliphatic carbocycles. The second-order valence-electron chi connectivity index (χ2n) is 7.85. The number of nitrogens with zero attached hydrogens (tertiary/aromatic N) is 3. The second-order valence-corrected chi connectivity index (χ2v) is 7.85. The molecule has 0 bridgehead atoms. The number of hydrogen-bond acceptors (Lipinski definition) is 4. The van der Waals surface area contributed by atoms with Gasteiger partial charge in [-0.2, -0.15) is 0 Å². The van der Waals surface area contributed by atoms with Gasteiger partial charge in [-0.1, -0.05) is 12.1 Å². The number of aromatic nitrogens is 1. The van der Waals surface area contributed by atoms with Gasteiger partial charge in [0.05, 0.1) is 18.3 Å². The molecule has 4 nitrogen and oxygen atoms in total. The van der Waals surface area contributed by atoms with Crippen LogP contribution in [0.15, 0.2) is 48.5 Å². The number of likely N-dealkylation sites (N-methyl/N-ethyl adjacent to an activating group) is 1. The smallest absolute Gasteiger partial charge is 0.118 e. The lowest BCUT2D eigenvalue weighted by Gasteiger charge is -2.22. The summed E-state index contributed by atoms with van der Waals surface area (Å²) in [5.74, 6) is 0.873. The minimum atomic E-state index is 0.873. The van der Waals surface area contributed by atoms with Gasteiger partial charge in [-0.15, -0.1) is 0 Å². The maximum Gasteiger partial charge on any atom is 0.118 e. The van der Waals surface area contributed by atoms with Crippen molar-refractivity contribution in [1.82, 2.24) is 14.8 Å². The number of hydrogen-bond donors (Lipinski definition) is 0. The maximum atomic E-state index is 5.33. The second kappa shape index (κ2) is 8.29. The highest BCUT2D eigenvalue weighted by atomic mass is 16.5. The zero-order valence-electron chi connectivity index (χ0n) is 17.1. The third-order valence-corrected chi connectivity index (χ3v) is 5.62. The van der Waals surface area contributed by atoms with E-state index in [-0.39, 0.29) is 0 Å². The molecule has 0 atom stereocenters. The largest absolute Gasteiger partial charge is 0.497 e. The van der Waals surface area contributed by atoms with E-state index in [1.807, 2.05) is 12.1 Å². The van der Waals surface area contributed by atoms with Gasteiger partial charge < -0.3 is 9.64 Å². The van der Waals surface area contributed by atoms with Gasteiger partial charge in [0.15, 0.2) is 0 Å². The molecule has 0 saturated carbocycles. The minimum absolute atomic E-state index is 0.873. The fourth-order valence-corrected chi connectivity index (χ4v) is 3.94. The van der Waals surface area contributed by atoms with Crippen LogP contribution in [0.5, 0.6) is 5.75 Å². The van der Waals surface area contributed by atoms with Gasteiger partial charge in [0.2, 0.25) is 0 Å². The van der Waals surface area contributed by atoms with E-state index in [2.05, 4.69) is 60.2 Å². The zero-order chi connectivity index (χ0) is 19.5. The summed E-state index contributed by atoms with van der Waals surface area (Å²) in [6.45, 7) is 7.60. The maximum absolute atomic E-state index is 5.33. The van der Waals surface area contributed by atoms with Gasteiger partial charge in [-0.3, -0.25) is 4.90 Å². The van der Waals surface area contributed by atoms with Crippen LogP contribution in [0, 0.1) is 6.92 Å². The Morgan fingerprint density at radius 3 is 2.57 bits per heavy atom. The van der Waals surface area contributed by atoms with E-state index in [1.165, 1.54) is 29.5 Å². The molecule has 2 aromatic carbocycles. The molecule has 146 valence electrons. The number of rotatable bonds is 4. The Morgan fingerprint density at radius 2 is 1.79 bits per heavy atom. The zero-order valence-corrected chi connectivity index (χ0v) is 17.1. The number of aryl methyl sites for hydroxylation is 1. The van der Waals surface area contributed by atoms with Crippen LogP contribution in [0.1, 0.15) is 17.5 Å². The Hall–Kier alpha value is -2.43. The lowest BCUT2D eigenvalue weighted by Crippen LogP contribution is -2.28. The molecule has 0 N–H and O–H groups in total. The van der Waals surface area contributed by atoms with Crippen LogP contribution in [-0.4, -0.2) is 55.1 Å². The quantitative estimate of drug-likeness (QED) is 0.678. The highest BCUT2D eigenvalue weighted by Gasteiger charge is 2.16. The Balaban J connectivity index is 1.74. The first-order valence-corrected chi connectivity index (χ1v) is 10.1. The lowest BCUT2D eigenvalue weighted by molar-refractivity contribution is 0.269. The first-order chi connectivity index (χ1) is 13.6. The summed E-state index contributed by atoms with van der Waals surface area (Å²) < 4.78 is 5.33. The molecule has 3 aromatic rings. The summed E-state index contributed by atoms with van der Waals surface area (Å²) in [5, 5.41) is 1.21. The van der Waals surface area contributed by atoms with E-state index in [0.717, 1.165) is 48.7 Å². The van der Waals surface area contributed by atoms with Crippen molar-refractivity contribution in [1.29, 1.82) is 0 Å². The Labute approximate surface area is 167 Å². The Kier molecular flexibility index (Phi) is 5.60. The van der Waals surface area contributed by atoms with Crippen LogP contribution in [0.2, 0.25) is 0 Å². The molecule has 0 amide bonds. The topological polar surface area (TPSA) is 28.6 Å². The lowest BCUT2D eigenvalue weighted by atomic mass is 10.0. The van der Waals surface area contributed by atoms with Crippen LogP contribution in [0.3, 0.4) is 0 Å². The molecule has 1 aromatic heterocycles. The predicted molar refractivity (Wildman–Crippen MR) is 116 cm³/mol. The van der Waals surface area contributed by atoms with E-state index in [4.69, 9.17) is 9.72 Å². The number of methoxy groups -OCH3 is 1. The summed E-state index contributed by atoms with van der Waals surface area (Å²) in [6.07, 6.45) is 1.22. The van der Waals surface area contributed by atoms with Gasteiger partial charge in [0.25, 0.3) is 0 Å². The minimum Gasteiger partial charge on any atom is -0.497 e. The third-order valence-electron chi connectivity index (χ3n) is 5.62. The van der Waals surface area contributed by atoms with Crippen LogP contribution in [0.4, 0.5) is 0 Å². The van der Waals surface area contributed by atoms with Crippen molar-refractivity contribution >= 4 is 10.9 Å². The van der Waals surface area contributed by atoms with Crippen molar-refractivity contribution in [2.75, 3.05) is 40.3 Å². The fourth-order valence-electron chi connectivity index (χ4n) is 3.94. The molecule has 28 heavy (non-hydrogen) atoms. The summed E-state index contributed by atoms with van der Waals surface area (Å²) in [4.78, 5) is 10.1. The van der Waals surface area contributed by atoms with E-state index in [1.54, 1.807) is 7.11 Å². The Morgan fingerprint density at radius 1 is 0.964 bits per heavy atom. The molecule has 0 unspecified atom stereocenters. The van der Waals surface area contributed by atoms with Crippen LogP contribution >= 0.6 is 0 Å². The third kappa shape index (κ3) is 4.18. The van der Waals surface area contributed by atoms with Crippen LogP contribution < -0.4 is 4.74 Å². The normalized spacial score (nSPS) is 16.2. The molecule has 1 saturated heterocycles. The first-order valence-electron chi connectivity index (χ1n) is 10.1. The van der Waals surface area contributed by atoms with Crippen molar-refractivity contribution in [2.24, 2.45) is 0 Å². The predicted octanol–water partition coefficient (Wildman–Crippen LogP) is 4.36. The van der Waals surface area contributed by atoms with Gasteiger partial charge in [-0.25, -0.2) is 4.98 Å². The van der Waals surface area contributed by atoms with Crippen molar-refractivity contribution < 1.29 is 4.74 Å². The molecule has 1 aliphatic heterocycles. The molecule has 1 fully saturated rings. The summed E-state index contributed by atoms with van der Waals surface area (Å²) in [7, 11) is 3.92. The van der Waals surface area contributed by atoms with E-state index < -0.39 is 0 Å². The molecule has 0 radical (unpaired) electrons. The number of fused-ring (bicyclic) bond motifs is 1. The van der Waals surface area contributed by atoms with Crippen molar-refractivity contribution in [3.05, 3.63) is 59.7 Å². The molecular weight excluding hydrogens is 346 g/mol. The molecular formula is C24H29N3O. The number of ether oxygens (including phenoxy) is 1.